The van der Waals surface area contributed by atoms with Crippen LogP contribution in [0.2, 0.25) is 0 Å². The number of carbonyl (C=O) groups excluding carboxylic acids is 2. The van der Waals surface area contributed by atoms with E-state index in [1.165, 1.54) is 0 Å². The van der Waals surface area contributed by atoms with Crippen molar-refractivity contribution in [2.45, 2.75) is 25.8 Å². The molecule has 2 aromatic rings. The van der Waals surface area contributed by atoms with E-state index in [9.17, 15) is 9.59 Å². The Morgan fingerprint density at radius 3 is 2.16 bits per heavy atom. The fourth-order valence-corrected chi connectivity index (χ4v) is 3.27. The zero-order valence-electron chi connectivity index (χ0n) is 14.8. The van der Waals surface area contributed by atoms with Crippen molar-refractivity contribution in [2.24, 2.45) is 0 Å². The van der Waals surface area contributed by atoms with E-state index in [1.54, 1.807) is 12.1 Å². The first-order valence-corrected chi connectivity index (χ1v) is 8.77. The normalized spacial score (nSPS) is 15.2. The van der Waals surface area contributed by atoms with Crippen molar-refractivity contribution >= 4 is 11.7 Å². The molecule has 1 aliphatic heterocycles. The summed E-state index contributed by atoms with van der Waals surface area (Å²) in [4.78, 5) is 27.7. The summed E-state index contributed by atoms with van der Waals surface area (Å²) in [6, 6.07) is 15.1. The lowest BCUT2D eigenvalue weighted by Gasteiger charge is -2.32. The second kappa shape index (κ2) is 7.62. The van der Waals surface area contributed by atoms with Gasteiger partial charge in [-0.15, -0.1) is 0 Å². The van der Waals surface area contributed by atoms with E-state index < -0.39 is 0 Å². The van der Waals surface area contributed by atoms with E-state index in [0.717, 1.165) is 31.5 Å². The van der Waals surface area contributed by atoms with Crippen LogP contribution in [0.3, 0.4) is 0 Å². The van der Waals surface area contributed by atoms with Crippen molar-refractivity contribution < 1.29 is 9.59 Å². The molecule has 1 aliphatic rings. The molecule has 1 saturated heterocycles. The van der Waals surface area contributed by atoms with E-state index in [1.807, 2.05) is 55.3 Å². The number of benzene rings is 2. The van der Waals surface area contributed by atoms with E-state index in [2.05, 4.69) is 5.32 Å². The van der Waals surface area contributed by atoms with Gasteiger partial charge in [0.05, 0.1) is 5.56 Å². The van der Waals surface area contributed by atoms with Crippen molar-refractivity contribution in [1.82, 2.24) is 10.2 Å². The third-order valence-electron chi connectivity index (χ3n) is 4.91. The molecule has 0 aliphatic carbocycles. The smallest absolute Gasteiger partial charge is 0.254 e. The van der Waals surface area contributed by atoms with Crippen LogP contribution in [-0.2, 0) is 0 Å². The third kappa shape index (κ3) is 3.80. The second-order valence-corrected chi connectivity index (χ2v) is 6.60. The average Bonchev–Trinajstić information content (AvgIpc) is 2.67. The van der Waals surface area contributed by atoms with E-state index >= 15 is 0 Å². The lowest BCUT2D eigenvalue weighted by Crippen LogP contribution is -2.44. The molecule has 0 spiro atoms. The summed E-state index contributed by atoms with van der Waals surface area (Å²) in [5.41, 5.74) is 2.69. The van der Waals surface area contributed by atoms with E-state index in [4.69, 9.17) is 0 Å². The number of amides is 1. The number of aryl methyl sites for hydroxylation is 1. The molecule has 1 heterocycles. The van der Waals surface area contributed by atoms with Crippen molar-refractivity contribution in [3.05, 3.63) is 70.8 Å². The minimum atomic E-state index is -0.103. The molecule has 2 aromatic carbocycles. The topological polar surface area (TPSA) is 49.4 Å². The highest BCUT2D eigenvalue weighted by molar-refractivity contribution is 6.15. The van der Waals surface area contributed by atoms with Crippen molar-refractivity contribution in [3.8, 4) is 0 Å². The summed E-state index contributed by atoms with van der Waals surface area (Å²) in [6.45, 7) is 3.43. The maximum atomic E-state index is 13.0. The first-order valence-electron chi connectivity index (χ1n) is 8.77. The van der Waals surface area contributed by atoms with Crippen LogP contribution in [0, 0.1) is 6.92 Å². The van der Waals surface area contributed by atoms with Crippen molar-refractivity contribution in [1.29, 1.82) is 0 Å². The number of hydrogen-bond acceptors (Lipinski definition) is 3. The molecule has 25 heavy (non-hydrogen) atoms. The van der Waals surface area contributed by atoms with Gasteiger partial charge in [0.15, 0.2) is 5.78 Å². The maximum Gasteiger partial charge on any atom is 0.254 e. The molecule has 1 amide bonds. The highest BCUT2D eigenvalue weighted by Gasteiger charge is 2.26. The SMILES string of the molecule is CNC1CCN(C(=O)c2ccccc2C(=O)c2ccc(C)cc2)CC1. The predicted octanol–water partition coefficient (Wildman–Crippen LogP) is 3.05. The molecule has 0 atom stereocenters. The largest absolute Gasteiger partial charge is 0.339 e. The van der Waals surface area contributed by atoms with Crippen LogP contribution in [0.5, 0.6) is 0 Å². The van der Waals surface area contributed by atoms with Crippen LogP contribution in [0.1, 0.15) is 44.7 Å². The van der Waals surface area contributed by atoms with Gasteiger partial charge >= 0.3 is 0 Å². The van der Waals surface area contributed by atoms with Crippen LogP contribution in [0.15, 0.2) is 48.5 Å². The first-order chi connectivity index (χ1) is 12.1. The first kappa shape index (κ1) is 17.4. The Bertz CT molecular complexity index is 760. The number of carbonyl (C=O) groups is 2. The van der Waals surface area contributed by atoms with E-state index in [0.29, 0.717) is 22.7 Å². The van der Waals surface area contributed by atoms with E-state index in [-0.39, 0.29) is 11.7 Å². The summed E-state index contributed by atoms with van der Waals surface area (Å²) < 4.78 is 0. The van der Waals surface area contributed by atoms with Crippen LogP contribution in [0.25, 0.3) is 0 Å². The molecule has 4 heteroatoms. The average molecular weight is 336 g/mol. The highest BCUT2D eigenvalue weighted by Crippen LogP contribution is 2.19. The van der Waals surface area contributed by atoms with Gasteiger partial charge in [0, 0.05) is 30.3 Å². The summed E-state index contributed by atoms with van der Waals surface area (Å²) in [6.07, 6.45) is 1.88. The van der Waals surface area contributed by atoms with Gasteiger partial charge in [0.1, 0.15) is 0 Å². The maximum absolute atomic E-state index is 13.0. The Labute approximate surface area is 148 Å². The molecule has 0 unspecified atom stereocenters. The molecule has 4 nitrogen and oxygen atoms in total. The lowest BCUT2D eigenvalue weighted by atomic mass is 9.96. The zero-order chi connectivity index (χ0) is 17.8. The van der Waals surface area contributed by atoms with Crippen molar-refractivity contribution in [2.75, 3.05) is 20.1 Å². The molecular weight excluding hydrogens is 312 g/mol. The molecule has 130 valence electrons. The Kier molecular flexibility index (Phi) is 5.29. The highest BCUT2D eigenvalue weighted by atomic mass is 16.2. The third-order valence-corrected chi connectivity index (χ3v) is 4.91. The minimum absolute atomic E-state index is 0.0504. The summed E-state index contributed by atoms with van der Waals surface area (Å²) in [5.74, 6) is -0.153. The summed E-state index contributed by atoms with van der Waals surface area (Å²) in [7, 11) is 1.96. The van der Waals surface area contributed by atoms with Gasteiger partial charge in [-0.2, -0.15) is 0 Å². The van der Waals surface area contributed by atoms with Gasteiger partial charge in [-0.25, -0.2) is 0 Å². The number of nitrogens with zero attached hydrogens (tertiary/aromatic N) is 1. The molecule has 3 rings (SSSR count). The van der Waals surface area contributed by atoms with Crippen LogP contribution in [0.4, 0.5) is 0 Å². The lowest BCUT2D eigenvalue weighted by molar-refractivity contribution is 0.0703. The van der Waals surface area contributed by atoms with Gasteiger partial charge in [0.2, 0.25) is 0 Å². The Hall–Kier alpha value is -2.46. The number of nitrogens with one attached hydrogen (secondary N) is 1. The number of piperidine rings is 1. The van der Waals surface area contributed by atoms with Gasteiger partial charge in [-0.1, -0.05) is 48.0 Å². The fraction of sp³-hybridized carbons (Fsp3) is 0.333. The molecule has 0 saturated carbocycles. The quantitative estimate of drug-likeness (QED) is 0.873. The molecule has 0 bridgehead atoms. The molecule has 1 N–H and O–H groups in total. The molecule has 0 aromatic heterocycles. The second-order valence-electron chi connectivity index (χ2n) is 6.60. The fourth-order valence-electron chi connectivity index (χ4n) is 3.27. The van der Waals surface area contributed by atoms with Crippen molar-refractivity contribution in [3.63, 3.8) is 0 Å². The summed E-state index contributed by atoms with van der Waals surface area (Å²) >= 11 is 0. The van der Waals surface area contributed by atoms with Gasteiger partial charge in [-0.05, 0) is 32.9 Å². The van der Waals surface area contributed by atoms with Crippen LogP contribution >= 0.6 is 0 Å². The Balaban J connectivity index is 1.84. The van der Waals surface area contributed by atoms with Gasteiger partial charge in [-0.3, -0.25) is 9.59 Å². The minimum Gasteiger partial charge on any atom is -0.339 e. The van der Waals surface area contributed by atoms with Gasteiger partial charge < -0.3 is 10.2 Å². The standard InChI is InChI=1S/C21H24N2O2/c1-15-7-9-16(10-8-15)20(24)18-5-3-4-6-19(18)21(25)23-13-11-17(22-2)12-14-23/h3-10,17,22H,11-14H2,1-2H3. The molecule has 1 fully saturated rings. The zero-order valence-corrected chi connectivity index (χ0v) is 14.8. The number of ketones is 1. The van der Waals surface area contributed by atoms with Gasteiger partial charge in [0.25, 0.3) is 5.91 Å². The van der Waals surface area contributed by atoms with Crippen LogP contribution < -0.4 is 5.32 Å². The Morgan fingerprint density at radius 1 is 0.960 bits per heavy atom. The number of rotatable bonds is 4. The summed E-state index contributed by atoms with van der Waals surface area (Å²) in [5, 5.41) is 3.27. The monoisotopic (exact) mass is 336 g/mol. The number of likely N-dealkylation sites (tertiary alicyclic amines) is 1. The number of hydrogen-bond donors (Lipinski definition) is 1. The molecular formula is C21H24N2O2. The predicted molar refractivity (Wildman–Crippen MR) is 99.0 cm³/mol. The van der Waals surface area contributed by atoms with Crippen LogP contribution in [-0.4, -0.2) is 42.8 Å². The Morgan fingerprint density at radius 2 is 1.56 bits per heavy atom. The molecule has 0 radical (unpaired) electrons.